The maximum atomic E-state index is 11.8. The predicted molar refractivity (Wildman–Crippen MR) is 79.1 cm³/mol. The molecule has 0 atom stereocenters. The molecule has 2 aromatic rings. The van der Waals surface area contributed by atoms with Crippen molar-refractivity contribution in [2.75, 3.05) is 7.11 Å². The van der Waals surface area contributed by atoms with E-state index < -0.39 is 5.97 Å². The van der Waals surface area contributed by atoms with Gasteiger partial charge in [0.15, 0.2) is 11.5 Å². The van der Waals surface area contributed by atoms with Crippen molar-refractivity contribution in [3.05, 3.63) is 40.3 Å². The van der Waals surface area contributed by atoms with Crippen LogP contribution in [0.1, 0.15) is 37.0 Å². The van der Waals surface area contributed by atoms with Crippen LogP contribution < -0.4 is 0 Å². The van der Waals surface area contributed by atoms with Crippen molar-refractivity contribution in [3.8, 4) is 5.82 Å². The highest BCUT2D eigenvalue weighted by molar-refractivity contribution is 9.10. The Morgan fingerprint density at radius 1 is 1.35 bits per heavy atom. The van der Waals surface area contributed by atoms with E-state index in [1.54, 1.807) is 10.9 Å². The minimum atomic E-state index is -0.475. The number of pyridine rings is 1. The first-order chi connectivity index (χ1) is 9.36. The molecule has 0 spiro atoms. The van der Waals surface area contributed by atoms with E-state index in [1.165, 1.54) is 7.11 Å². The van der Waals surface area contributed by atoms with Gasteiger partial charge in [0.25, 0.3) is 0 Å². The van der Waals surface area contributed by atoms with Gasteiger partial charge in [-0.05, 0) is 28.1 Å². The third-order valence-electron chi connectivity index (χ3n) is 2.78. The van der Waals surface area contributed by atoms with Gasteiger partial charge in [-0.1, -0.05) is 26.8 Å². The van der Waals surface area contributed by atoms with Crippen LogP contribution >= 0.6 is 15.9 Å². The van der Waals surface area contributed by atoms with Crippen LogP contribution in [-0.4, -0.2) is 27.8 Å². The lowest BCUT2D eigenvalue weighted by molar-refractivity contribution is 0.0592. The van der Waals surface area contributed by atoms with Gasteiger partial charge in [-0.15, -0.1) is 0 Å². The lowest BCUT2D eigenvalue weighted by Crippen LogP contribution is -2.18. The maximum Gasteiger partial charge on any atom is 0.359 e. The second-order valence-electron chi connectivity index (χ2n) is 5.35. The number of hydrogen-bond donors (Lipinski definition) is 0. The zero-order valence-electron chi connectivity index (χ0n) is 11.8. The molecule has 0 bridgehead atoms. The Labute approximate surface area is 126 Å². The van der Waals surface area contributed by atoms with Crippen molar-refractivity contribution in [3.63, 3.8) is 0 Å². The van der Waals surface area contributed by atoms with Gasteiger partial charge in [-0.25, -0.2) is 14.5 Å². The van der Waals surface area contributed by atoms with E-state index in [2.05, 4.69) is 46.8 Å². The van der Waals surface area contributed by atoms with E-state index in [0.29, 0.717) is 10.3 Å². The lowest BCUT2D eigenvalue weighted by atomic mass is 9.92. The van der Waals surface area contributed by atoms with Gasteiger partial charge in [-0.3, -0.25) is 0 Å². The van der Waals surface area contributed by atoms with Crippen LogP contribution in [-0.2, 0) is 10.2 Å². The highest BCUT2D eigenvalue weighted by Gasteiger charge is 2.30. The summed E-state index contributed by atoms with van der Waals surface area (Å²) in [6, 6.07) is 5.55. The smallest absolute Gasteiger partial charge is 0.359 e. The molecule has 2 heterocycles. The number of aromatic nitrogens is 3. The fourth-order valence-electron chi connectivity index (χ4n) is 1.92. The molecule has 0 fully saturated rings. The summed E-state index contributed by atoms with van der Waals surface area (Å²) in [6.45, 7) is 6.15. The van der Waals surface area contributed by atoms with Gasteiger partial charge < -0.3 is 4.74 Å². The summed E-state index contributed by atoms with van der Waals surface area (Å²) >= 11 is 3.46. The van der Waals surface area contributed by atoms with Crippen molar-refractivity contribution in [1.29, 1.82) is 0 Å². The summed E-state index contributed by atoms with van der Waals surface area (Å²) in [5.41, 5.74) is 0.912. The van der Waals surface area contributed by atoms with Gasteiger partial charge >= 0.3 is 5.97 Å². The van der Waals surface area contributed by atoms with Crippen LogP contribution in [0.4, 0.5) is 0 Å². The predicted octanol–water partition coefficient (Wildman–Crippen LogP) is 3.11. The highest BCUT2D eigenvalue weighted by atomic mass is 79.9. The molecule has 106 valence electrons. The van der Waals surface area contributed by atoms with Gasteiger partial charge in [0.1, 0.15) is 0 Å². The summed E-state index contributed by atoms with van der Waals surface area (Å²) in [5.74, 6) is 0.185. The Bertz CT molecular complexity index is 630. The van der Waals surface area contributed by atoms with Gasteiger partial charge in [0, 0.05) is 11.6 Å². The summed E-state index contributed by atoms with van der Waals surface area (Å²) in [4.78, 5) is 16.1. The van der Waals surface area contributed by atoms with Crippen molar-refractivity contribution in [1.82, 2.24) is 14.8 Å². The van der Waals surface area contributed by atoms with Gasteiger partial charge in [-0.2, -0.15) is 5.10 Å². The summed E-state index contributed by atoms with van der Waals surface area (Å²) < 4.78 is 7.09. The lowest BCUT2D eigenvalue weighted by Gasteiger charge is -2.20. The topological polar surface area (TPSA) is 57.0 Å². The number of ether oxygens (including phenoxy) is 1. The third-order valence-corrected chi connectivity index (χ3v) is 3.53. The minimum absolute atomic E-state index is 0.213. The molecular weight excluding hydrogens is 322 g/mol. The molecular formula is C14H16BrN3O2. The molecule has 0 aliphatic rings. The zero-order valence-corrected chi connectivity index (χ0v) is 13.4. The van der Waals surface area contributed by atoms with Crippen molar-refractivity contribution >= 4 is 21.9 Å². The molecule has 20 heavy (non-hydrogen) atoms. The first-order valence-corrected chi connectivity index (χ1v) is 6.94. The average Bonchev–Trinajstić information content (AvgIpc) is 2.76. The van der Waals surface area contributed by atoms with E-state index in [-0.39, 0.29) is 11.1 Å². The van der Waals surface area contributed by atoms with Gasteiger partial charge in [0.05, 0.1) is 17.3 Å². The van der Waals surface area contributed by atoms with E-state index >= 15 is 0 Å². The van der Waals surface area contributed by atoms with Gasteiger partial charge in [0.2, 0.25) is 0 Å². The highest BCUT2D eigenvalue weighted by Crippen LogP contribution is 2.33. The molecule has 0 aliphatic heterocycles. The van der Waals surface area contributed by atoms with Crippen molar-refractivity contribution in [2.45, 2.75) is 26.2 Å². The largest absolute Gasteiger partial charge is 0.464 e. The van der Waals surface area contributed by atoms with E-state index in [0.717, 1.165) is 5.69 Å². The number of carbonyl (C=O) groups is 1. The van der Waals surface area contributed by atoms with Crippen LogP contribution in [0.15, 0.2) is 28.9 Å². The Kier molecular flexibility index (Phi) is 3.94. The number of halogens is 1. The molecule has 0 saturated carbocycles. The van der Waals surface area contributed by atoms with Crippen LogP contribution in [0.2, 0.25) is 0 Å². The first-order valence-electron chi connectivity index (χ1n) is 6.15. The van der Waals surface area contributed by atoms with Crippen molar-refractivity contribution < 1.29 is 9.53 Å². The molecule has 0 amide bonds. The number of hydrogen-bond acceptors (Lipinski definition) is 4. The first kappa shape index (κ1) is 14.7. The number of rotatable bonds is 2. The maximum absolute atomic E-state index is 11.8. The van der Waals surface area contributed by atoms with Crippen LogP contribution in [0.5, 0.6) is 0 Å². The second kappa shape index (κ2) is 5.36. The van der Waals surface area contributed by atoms with Crippen molar-refractivity contribution in [2.24, 2.45) is 0 Å². The molecule has 0 radical (unpaired) electrons. The summed E-state index contributed by atoms with van der Waals surface area (Å²) in [7, 11) is 1.34. The second-order valence-corrected chi connectivity index (χ2v) is 6.15. The Morgan fingerprint density at radius 3 is 2.55 bits per heavy atom. The Hall–Kier alpha value is -1.69. The SMILES string of the molecule is COC(=O)c1nn(-c2ccccn2)c(C(C)(C)C)c1Br. The summed E-state index contributed by atoms with van der Waals surface area (Å²) in [5, 5.41) is 4.35. The molecule has 6 heteroatoms. The zero-order chi connectivity index (χ0) is 14.9. The number of esters is 1. The van der Waals surface area contributed by atoms with Crippen LogP contribution in [0.3, 0.4) is 0 Å². The van der Waals surface area contributed by atoms with Crippen LogP contribution in [0.25, 0.3) is 5.82 Å². The van der Waals surface area contributed by atoms with E-state index in [1.807, 2.05) is 18.2 Å². The monoisotopic (exact) mass is 337 g/mol. The molecule has 0 N–H and O–H groups in total. The Balaban J connectivity index is 2.71. The Morgan fingerprint density at radius 2 is 2.05 bits per heavy atom. The van der Waals surface area contributed by atoms with Crippen LogP contribution in [0, 0.1) is 0 Å². The number of methoxy groups -OCH3 is 1. The molecule has 0 aromatic carbocycles. The third kappa shape index (κ3) is 2.60. The standard InChI is InChI=1S/C14H16BrN3O2/c1-14(2,3)12-10(15)11(13(19)20-4)17-18(12)9-7-5-6-8-16-9/h5-8H,1-4H3. The average molecular weight is 338 g/mol. The molecule has 0 saturated heterocycles. The molecule has 2 aromatic heterocycles. The normalized spacial score (nSPS) is 11.4. The quantitative estimate of drug-likeness (QED) is 0.790. The molecule has 2 rings (SSSR count). The number of nitrogens with zero attached hydrogens (tertiary/aromatic N) is 3. The molecule has 0 unspecified atom stereocenters. The molecule has 0 aliphatic carbocycles. The molecule has 5 nitrogen and oxygen atoms in total. The fourth-order valence-corrected chi connectivity index (χ4v) is 2.92. The summed E-state index contributed by atoms with van der Waals surface area (Å²) in [6.07, 6.45) is 1.69. The fraction of sp³-hybridized carbons (Fsp3) is 0.357. The van der Waals surface area contributed by atoms with E-state index in [4.69, 9.17) is 4.74 Å². The number of carbonyl (C=O) groups excluding carboxylic acids is 1. The van der Waals surface area contributed by atoms with E-state index in [9.17, 15) is 4.79 Å². The minimum Gasteiger partial charge on any atom is -0.464 e.